The Morgan fingerprint density at radius 1 is 1.53 bits per heavy atom. The van der Waals surface area contributed by atoms with Crippen LogP contribution in [0.2, 0.25) is 8.67 Å². The third-order valence-electron chi connectivity index (χ3n) is 2.21. The van der Waals surface area contributed by atoms with Gasteiger partial charge in [-0.15, -0.1) is 11.3 Å². The SMILES string of the molecule is Cn1ncc(C#N)c1NS(=O)(=O)c1cc(Cl)sc1Cl. The van der Waals surface area contributed by atoms with E-state index in [2.05, 4.69) is 9.82 Å². The van der Waals surface area contributed by atoms with Crippen molar-refractivity contribution in [1.29, 1.82) is 5.26 Å². The van der Waals surface area contributed by atoms with Crippen molar-refractivity contribution in [3.8, 4) is 6.07 Å². The standard InChI is InChI=1S/C9H6Cl2N4O2S2/c1-15-9(5(3-12)4-13-15)14-19(16,17)6-2-7(10)18-8(6)11/h2,4,14H,1H3. The second-order valence-corrected chi connectivity index (χ2v) is 7.37. The summed E-state index contributed by atoms with van der Waals surface area (Å²) in [5, 5.41) is 12.7. The number of rotatable bonds is 3. The molecular formula is C9H6Cl2N4O2S2. The van der Waals surface area contributed by atoms with Gasteiger partial charge in [0, 0.05) is 7.05 Å². The number of sulfonamides is 1. The van der Waals surface area contributed by atoms with Gasteiger partial charge in [0.15, 0.2) is 5.82 Å². The van der Waals surface area contributed by atoms with E-state index in [-0.39, 0.29) is 24.9 Å². The summed E-state index contributed by atoms with van der Waals surface area (Å²) in [7, 11) is -2.40. The van der Waals surface area contributed by atoms with Crippen molar-refractivity contribution in [3.05, 3.63) is 26.5 Å². The zero-order valence-corrected chi connectivity index (χ0v) is 12.5. The highest BCUT2D eigenvalue weighted by molar-refractivity contribution is 7.93. The lowest BCUT2D eigenvalue weighted by Gasteiger charge is -2.07. The molecule has 0 aliphatic heterocycles. The van der Waals surface area contributed by atoms with Crippen LogP contribution in [0.15, 0.2) is 17.2 Å². The Labute approximate surface area is 123 Å². The number of hydrogen-bond acceptors (Lipinski definition) is 5. The van der Waals surface area contributed by atoms with E-state index in [4.69, 9.17) is 28.5 Å². The molecule has 2 heterocycles. The largest absolute Gasteiger partial charge is 0.265 e. The van der Waals surface area contributed by atoms with Gasteiger partial charge in [-0.2, -0.15) is 10.4 Å². The van der Waals surface area contributed by atoms with Crippen LogP contribution in [0.1, 0.15) is 5.56 Å². The lowest BCUT2D eigenvalue weighted by Crippen LogP contribution is -2.15. The van der Waals surface area contributed by atoms with Crippen molar-refractivity contribution >= 4 is 50.4 Å². The van der Waals surface area contributed by atoms with E-state index in [9.17, 15) is 8.42 Å². The van der Waals surface area contributed by atoms with Crippen LogP contribution in [-0.4, -0.2) is 18.2 Å². The molecule has 2 aromatic heterocycles. The molecule has 10 heteroatoms. The molecule has 0 radical (unpaired) electrons. The molecule has 0 aliphatic carbocycles. The highest BCUT2D eigenvalue weighted by Gasteiger charge is 2.23. The first-order chi connectivity index (χ1) is 8.85. The van der Waals surface area contributed by atoms with Gasteiger partial charge in [0.25, 0.3) is 10.0 Å². The van der Waals surface area contributed by atoms with Crippen LogP contribution in [0.4, 0.5) is 5.82 Å². The fourth-order valence-electron chi connectivity index (χ4n) is 1.33. The smallest absolute Gasteiger partial charge is 0.262 e. The van der Waals surface area contributed by atoms with Gasteiger partial charge in [-0.05, 0) is 6.07 Å². The number of nitrogens with one attached hydrogen (secondary N) is 1. The van der Waals surface area contributed by atoms with Crippen LogP contribution in [0.5, 0.6) is 0 Å². The zero-order valence-electron chi connectivity index (χ0n) is 9.39. The number of thiophene rings is 1. The fourth-order valence-corrected chi connectivity index (χ4v) is 4.59. The lowest BCUT2D eigenvalue weighted by atomic mass is 10.4. The topological polar surface area (TPSA) is 87.8 Å². The van der Waals surface area contributed by atoms with Gasteiger partial charge < -0.3 is 0 Å². The molecule has 6 nitrogen and oxygen atoms in total. The second-order valence-electron chi connectivity index (χ2n) is 3.44. The molecule has 0 amide bonds. The van der Waals surface area contributed by atoms with Crippen molar-refractivity contribution in [3.63, 3.8) is 0 Å². The number of nitrogens with zero attached hydrogens (tertiary/aromatic N) is 3. The summed E-state index contributed by atoms with van der Waals surface area (Å²) in [6, 6.07) is 3.09. The maximum Gasteiger partial charge on any atom is 0.265 e. The normalized spacial score (nSPS) is 11.3. The summed E-state index contributed by atoms with van der Waals surface area (Å²) >= 11 is 12.5. The molecule has 2 aromatic rings. The van der Waals surface area contributed by atoms with Crippen molar-refractivity contribution < 1.29 is 8.42 Å². The van der Waals surface area contributed by atoms with Gasteiger partial charge in [-0.3, -0.25) is 9.40 Å². The van der Waals surface area contributed by atoms with E-state index in [1.807, 2.05) is 6.07 Å². The molecule has 0 aliphatic rings. The van der Waals surface area contributed by atoms with Crippen molar-refractivity contribution in [1.82, 2.24) is 9.78 Å². The van der Waals surface area contributed by atoms with E-state index in [1.54, 1.807) is 0 Å². The summed E-state index contributed by atoms with van der Waals surface area (Å²) in [4.78, 5) is -0.130. The summed E-state index contributed by atoms with van der Waals surface area (Å²) in [5.74, 6) is 0.0703. The first kappa shape index (κ1) is 14.1. The van der Waals surface area contributed by atoms with Gasteiger partial charge in [-0.25, -0.2) is 8.42 Å². The average molecular weight is 337 g/mol. The predicted molar refractivity (Wildman–Crippen MR) is 73.1 cm³/mol. The number of halogens is 2. The Hall–Kier alpha value is -1.27. The van der Waals surface area contributed by atoms with Gasteiger partial charge >= 0.3 is 0 Å². The van der Waals surface area contributed by atoms with E-state index < -0.39 is 10.0 Å². The number of anilines is 1. The minimum absolute atomic E-state index is 0.0539. The monoisotopic (exact) mass is 336 g/mol. The predicted octanol–water partition coefficient (Wildman–Crippen LogP) is 2.46. The van der Waals surface area contributed by atoms with Crippen molar-refractivity contribution in [2.45, 2.75) is 4.90 Å². The maximum absolute atomic E-state index is 12.2. The first-order valence-corrected chi connectivity index (χ1v) is 7.80. The quantitative estimate of drug-likeness (QED) is 0.932. The highest BCUT2D eigenvalue weighted by atomic mass is 35.5. The minimum Gasteiger partial charge on any atom is -0.262 e. The number of aromatic nitrogens is 2. The number of nitriles is 1. The zero-order chi connectivity index (χ0) is 14.2. The van der Waals surface area contributed by atoms with Crippen molar-refractivity contribution in [2.24, 2.45) is 7.05 Å². The molecule has 0 bridgehead atoms. The number of aryl methyl sites for hydroxylation is 1. The summed E-state index contributed by atoms with van der Waals surface area (Å²) < 4.78 is 28.1. The van der Waals surface area contributed by atoms with Crippen molar-refractivity contribution in [2.75, 3.05) is 4.72 Å². The lowest BCUT2D eigenvalue weighted by molar-refractivity contribution is 0.600. The molecule has 0 atom stereocenters. The molecule has 0 fully saturated rings. The Morgan fingerprint density at radius 3 is 2.74 bits per heavy atom. The Kier molecular flexibility index (Phi) is 3.73. The molecule has 0 saturated carbocycles. The molecule has 1 N–H and O–H groups in total. The molecule has 19 heavy (non-hydrogen) atoms. The van der Waals surface area contributed by atoms with Gasteiger partial charge in [0.05, 0.1) is 10.5 Å². The fraction of sp³-hybridized carbons (Fsp3) is 0.111. The van der Waals surface area contributed by atoms with Crippen LogP contribution in [0, 0.1) is 11.3 Å². The molecule has 100 valence electrons. The Bertz CT molecular complexity index is 773. The summed E-state index contributed by atoms with van der Waals surface area (Å²) in [6.45, 7) is 0. The van der Waals surface area contributed by atoms with E-state index in [0.717, 1.165) is 11.3 Å². The molecule has 0 unspecified atom stereocenters. The Balaban J connectivity index is 2.45. The van der Waals surface area contributed by atoms with Gasteiger partial charge in [0.2, 0.25) is 0 Å². The van der Waals surface area contributed by atoms with Crippen LogP contribution in [0.25, 0.3) is 0 Å². The van der Waals surface area contributed by atoms with E-state index >= 15 is 0 Å². The minimum atomic E-state index is -3.92. The highest BCUT2D eigenvalue weighted by Crippen LogP contribution is 2.35. The van der Waals surface area contributed by atoms with Crippen LogP contribution in [-0.2, 0) is 17.1 Å². The number of hydrogen-bond donors (Lipinski definition) is 1. The molecule has 0 saturated heterocycles. The maximum atomic E-state index is 12.2. The van der Waals surface area contributed by atoms with Crippen LogP contribution in [0.3, 0.4) is 0 Å². The van der Waals surface area contributed by atoms with Gasteiger partial charge in [0.1, 0.15) is 20.9 Å². The van der Waals surface area contributed by atoms with Gasteiger partial charge in [-0.1, -0.05) is 23.2 Å². The van der Waals surface area contributed by atoms with E-state index in [1.165, 1.54) is 24.0 Å². The Morgan fingerprint density at radius 2 is 2.21 bits per heavy atom. The summed E-state index contributed by atoms with van der Waals surface area (Å²) in [5.41, 5.74) is 0.114. The molecule has 0 aromatic carbocycles. The second kappa shape index (κ2) is 5.02. The molecular weight excluding hydrogens is 331 g/mol. The molecule has 2 rings (SSSR count). The summed E-state index contributed by atoms with van der Waals surface area (Å²) in [6.07, 6.45) is 1.26. The third kappa shape index (κ3) is 2.69. The third-order valence-corrected chi connectivity index (χ3v) is 5.30. The first-order valence-electron chi connectivity index (χ1n) is 4.75. The average Bonchev–Trinajstić information content (AvgIpc) is 2.83. The molecule has 0 spiro atoms. The van der Waals surface area contributed by atoms with Crippen LogP contribution >= 0.6 is 34.5 Å². The van der Waals surface area contributed by atoms with E-state index in [0.29, 0.717) is 0 Å². The van der Waals surface area contributed by atoms with Crippen LogP contribution < -0.4 is 4.72 Å².